The number of aromatic nitrogens is 4. The van der Waals surface area contributed by atoms with E-state index in [9.17, 15) is 4.79 Å². The van der Waals surface area contributed by atoms with Crippen molar-refractivity contribution in [1.29, 1.82) is 0 Å². The Morgan fingerprint density at radius 1 is 1.17 bits per heavy atom. The second-order valence-electron chi connectivity index (χ2n) is 7.70. The molecule has 0 saturated carbocycles. The topological polar surface area (TPSA) is 75.9 Å². The van der Waals surface area contributed by atoms with Crippen molar-refractivity contribution in [2.75, 3.05) is 31.1 Å². The van der Waals surface area contributed by atoms with Gasteiger partial charge in [-0.15, -0.1) is 0 Å². The summed E-state index contributed by atoms with van der Waals surface area (Å²) in [5.41, 5.74) is 4.52. The molecule has 1 aromatic carbocycles. The first-order chi connectivity index (χ1) is 14.1. The van der Waals surface area contributed by atoms with Crippen LogP contribution in [0.1, 0.15) is 22.4 Å². The van der Waals surface area contributed by atoms with Crippen LogP contribution in [-0.2, 0) is 22.5 Å². The first-order valence-electron chi connectivity index (χ1n) is 10.0. The maximum absolute atomic E-state index is 13.2. The molecule has 3 aromatic rings. The zero-order chi connectivity index (χ0) is 20.0. The Hall–Kier alpha value is -3.00. The second kappa shape index (κ2) is 7.11. The van der Waals surface area contributed by atoms with E-state index >= 15 is 0 Å². The lowest BCUT2D eigenvalue weighted by atomic mass is 9.99. The maximum Gasteiger partial charge on any atom is 0.254 e. The number of carbonyl (C=O) groups is 1. The minimum absolute atomic E-state index is 0.0578. The minimum atomic E-state index is -0.486. The average Bonchev–Trinajstić information content (AvgIpc) is 3.21. The Morgan fingerprint density at radius 3 is 2.86 bits per heavy atom. The summed E-state index contributed by atoms with van der Waals surface area (Å²) in [5, 5.41) is 4.35. The number of amides is 1. The van der Waals surface area contributed by atoms with E-state index in [-0.39, 0.29) is 5.91 Å². The standard InChI is InChI=1S/C21H24N6O2/c1-14-15(2)24-21-22-13-23-27(21)19(14)25-9-10-29-18(12-25)20(28)26-8-7-16-5-3-4-6-17(16)11-26/h3-6,13,18H,7-12H2,1-2H3. The SMILES string of the molecule is Cc1nc2ncnn2c(N2CCOC(C(=O)N3CCc4ccccc4C3)C2)c1C. The van der Waals surface area contributed by atoms with Crippen LogP contribution in [0, 0.1) is 13.8 Å². The third-order valence-corrected chi connectivity index (χ3v) is 5.96. The number of hydrogen-bond acceptors (Lipinski definition) is 6. The van der Waals surface area contributed by atoms with Crippen molar-refractivity contribution < 1.29 is 9.53 Å². The molecular weight excluding hydrogens is 368 g/mol. The summed E-state index contributed by atoms with van der Waals surface area (Å²) >= 11 is 0. The number of fused-ring (bicyclic) bond motifs is 2. The smallest absolute Gasteiger partial charge is 0.254 e. The Kier molecular flexibility index (Phi) is 4.43. The molecule has 1 amide bonds. The zero-order valence-electron chi connectivity index (χ0n) is 16.7. The van der Waals surface area contributed by atoms with Gasteiger partial charge in [-0.2, -0.15) is 14.6 Å². The second-order valence-corrected chi connectivity index (χ2v) is 7.70. The monoisotopic (exact) mass is 392 g/mol. The molecule has 8 heteroatoms. The fourth-order valence-electron chi connectivity index (χ4n) is 4.27. The molecule has 0 bridgehead atoms. The van der Waals surface area contributed by atoms with E-state index in [0.29, 0.717) is 32.0 Å². The van der Waals surface area contributed by atoms with Gasteiger partial charge in [-0.1, -0.05) is 24.3 Å². The van der Waals surface area contributed by atoms with E-state index in [1.807, 2.05) is 24.8 Å². The molecule has 0 aliphatic carbocycles. The van der Waals surface area contributed by atoms with E-state index < -0.39 is 6.10 Å². The lowest BCUT2D eigenvalue weighted by Crippen LogP contribution is -2.52. The fourth-order valence-corrected chi connectivity index (χ4v) is 4.27. The Morgan fingerprint density at radius 2 is 2.00 bits per heavy atom. The quantitative estimate of drug-likeness (QED) is 0.658. The number of carbonyl (C=O) groups excluding carboxylic acids is 1. The van der Waals surface area contributed by atoms with E-state index in [1.165, 1.54) is 17.5 Å². The van der Waals surface area contributed by atoms with Crippen LogP contribution >= 0.6 is 0 Å². The van der Waals surface area contributed by atoms with Crippen LogP contribution in [0.5, 0.6) is 0 Å². The predicted molar refractivity (Wildman–Crippen MR) is 108 cm³/mol. The number of rotatable bonds is 2. The minimum Gasteiger partial charge on any atom is -0.365 e. The summed E-state index contributed by atoms with van der Waals surface area (Å²) in [6.45, 7) is 7.08. The highest BCUT2D eigenvalue weighted by molar-refractivity contribution is 5.82. The van der Waals surface area contributed by atoms with E-state index in [2.05, 4.69) is 38.2 Å². The molecule has 0 N–H and O–H groups in total. The van der Waals surface area contributed by atoms with Gasteiger partial charge in [-0.3, -0.25) is 4.79 Å². The Bertz CT molecular complexity index is 1080. The van der Waals surface area contributed by atoms with E-state index in [0.717, 1.165) is 30.0 Å². The van der Waals surface area contributed by atoms with Crippen LogP contribution in [0.15, 0.2) is 30.6 Å². The van der Waals surface area contributed by atoms with Gasteiger partial charge in [0, 0.05) is 30.9 Å². The zero-order valence-corrected chi connectivity index (χ0v) is 16.7. The van der Waals surface area contributed by atoms with Gasteiger partial charge in [-0.25, -0.2) is 4.98 Å². The normalized spacial score (nSPS) is 19.4. The van der Waals surface area contributed by atoms with Crippen molar-refractivity contribution in [3.63, 3.8) is 0 Å². The number of nitrogens with zero attached hydrogens (tertiary/aromatic N) is 6. The number of anilines is 1. The first-order valence-corrected chi connectivity index (χ1v) is 10.0. The molecule has 1 unspecified atom stereocenters. The molecule has 4 heterocycles. The average molecular weight is 392 g/mol. The van der Waals surface area contributed by atoms with Crippen molar-refractivity contribution in [3.05, 3.63) is 53.0 Å². The third-order valence-electron chi connectivity index (χ3n) is 5.96. The van der Waals surface area contributed by atoms with E-state index in [1.54, 1.807) is 4.52 Å². The van der Waals surface area contributed by atoms with Crippen molar-refractivity contribution in [1.82, 2.24) is 24.5 Å². The highest BCUT2D eigenvalue weighted by Gasteiger charge is 2.33. The molecule has 0 radical (unpaired) electrons. The summed E-state index contributed by atoms with van der Waals surface area (Å²) in [7, 11) is 0. The summed E-state index contributed by atoms with van der Waals surface area (Å²) in [6.07, 6.45) is 1.92. The molecule has 8 nitrogen and oxygen atoms in total. The summed E-state index contributed by atoms with van der Waals surface area (Å²) in [5.74, 6) is 1.57. The molecule has 1 atom stereocenters. The van der Waals surface area contributed by atoms with Crippen LogP contribution in [-0.4, -0.2) is 62.7 Å². The van der Waals surface area contributed by atoms with Gasteiger partial charge >= 0.3 is 0 Å². The van der Waals surface area contributed by atoms with Crippen LogP contribution in [0.25, 0.3) is 5.78 Å². The van der Waals surface area contributed by atoms with Gasteiger partial charge in [0.2, 0.25) is 0 Å². The molecular formula is C21H24N6O2. The van der Waals surface area contributed by atoms with Crippen LogP contribution < -0.4 is 4.90 Å². The van der Waals surface area contributed by atoms with Crippen molar-refractivity contribution in [3.8, 4) is 0 Å². The summed E-state index contributed by atoms with van der Waals surface area (Å²) < 4.78 is 7.66. The number of ether oxygens (including phenoxy) is 1. The summed E-state index contributed by atoms with van der Waals surface area (Å²) in [4.78, 5) is 26.1. The van der Waals surface area contributed by atoms with Crippen LogP contribution in [0.4, 0.5) is 5.82 Å². The van der Waals surface area contributed by atoms with Crippen LogP contribution in [0.3, 0.4) is 0 Å². The molecule has 0 spiro atoms. The van der Waals surface area contributed by atoms with Gasteiger partial charge in [0.1, 0.15) is 12.1 Å². The van der Waals surface area contributed by atoms with Gasteiger partial charge in [0.05, 0.1) is 13.2 Å². The number of hydrogen-bond donors (Lipinski definition) is 0. The highest BCUT2D eigenvalue weighted by Crippen LogP contribution is 2.26. The molecule has 2 aliphatic rings. The maximum atomic E-state index is 13.2. The van der Waals surface area contributed by atoms with Crippen LogP contribution in [0.2, 0.25) is 0 Å². The third kappa shape index (κ3) is 3.13. The number of morpholine rings is 1. The molecule has 2 aliphatic heterocycles. The van der Waals surface area contributed by atoms with Gasteiger partial charge < -0.3 is 14.5 Å². The number of benzene rings is 1. The van der Waals surface area contributed by atoms with Gasteiger partial charge in [-0.05, 0) is 31.4 Å². The molecule has 5 rings (SSSR count). The molecule has 29 heavy (non-hydrogen) atoms. The highest BCUT2D eigenvalue weighted by atomic mass is 16.5. The molecule has 1 fully saturated rings. The largest absolute Gasteiger partial charge is 0.365 e. The molecule has 1 saturated heterocycles. The molecule has 150 valence electrons. The lowest BCUT2D eigenvalue weighted by molar-refractivity contribution is -0.145. The fraction of sp³-hybridized carbons (Fsp3) is 0.429. The number of aryl methyl sites for hydroxylation is 1. The molecule has 2 aromatic heterocycles. The van der Waals surface area contributed by atoms with Gasteiger partial charge in [0.15, 0.2) is 6.10 Å². The predicted octanol–water partition coefficient (Wildman–Crippen LogP) is 1.53. The van der Waals surface area contributed by atoms with Crippen molar-refractivity contribution in [2.45, 2.75) is 32.9 Å². The van der Waals surface area contributed by atoms with E-state index in [4.69, 9.17) is 4.74 Å². The van der Waals surface area contributed by atoms with Gasteiger partial charge in [0.25, 0.3) is 11.7 Å². The lowest BCUT2D eigenvalue weighted by Gasteiger charge is -2.38. The van der Waals surface area contributed by atoms with Crippen molar-refractivity contribution in [2.24, 2.45) is 0 Å². The van der Waals surface area contributed by atoms with Crippen molar-refractivity contribution >= 4 is 17.5 Å². The Balaban J connectivity index is 1.39. The summed E-state index contributed by atoms with van der Waals surface area (Å²) in [6, 6.07) is 8.34. The Labute approximate surface area is 169 Å². The first kappa shape index (κ1) is 18.1.